The van der Waals surface area contributed by atoms with E-state index in [-0.39, 0.29) is 12.3 Å². The Kier molecular flexibility index (Phi) is 7.50. The second-order valence-corrected chi connectivity index (χ2v) is 5.73. The number of rotatable bonds is 9. The highest BCUT2D eigenvalue weighted by Crippen LogP contribution is 2.13. The summed E-state index contributed by atoms with van der Waals surface area (Å²) < 4.78 is 10.8. The maximum Gasteiger partial charge on any atom is 0.356 e. The Morgan fingerprint density at radius 2 is 1.88 bits per heavy atom. The molecular weight excluding hydrogens is 318 g/mol. The quantitative estimate of drug-likeness (QED) is 0.245. The van der Waals surface area contributed by atoms with Crippen molar-refractivity contribution in [1.82, 2.24) is 0 Å². The van der Waals surface area contributed by atoms with Gasteiger partial charge >= 0.3 is 5.97 Å². The number of unbranched alkanes of at least 4 members (excludes halogenated alkanes) is 1. The molecule has 132 valence electrons. The van der Waals surface area contributed by atoms with Crippen LogP contribution in [0.15, 0.2) is 59.8 Å². The number of oxime groups is 1. The molecule has 0 aliphatic rings. The second kappa shape index (κ2) is 10.1. The Morgan fingerprint density at radius 1 is 1.08 bits per heavy atom. The van der Waals surface area contributed by atoms with Crippen molar-refractivity contribution in [1.29, 1.82) is 0 Å². The van der Waals surface area contributed by atoms with Gasteiger partial charge in [0.05, 0.1) is 6.61 Å². The van der Waals surface area contributed by atoms with Crippen LogP contribution in [-0.4, -0.2) is 23.5 Å². The summed E-state index contributed by atoms with van der Waals surface area (Å²) in [7, 11) is 0. The van der Waals surface area contributed by atoms with Gasteiger partial charge in [-0.15, -0.1) is 0 Å². The number of ether oxygens (including phenoxy) is 2. The minimum atomic E-state index is -0.592. The van der Waals surface area contributed by atoms with Gasteiger partial charge in [-0.2, -0.15) is 0 Å². The summed E-state index contributed by atoms with van der Waals surface area (Å²) in [6, 6.07) is 17.2. The first-order chi connectivity index (χ1) is 12.2. The molecule has 0 unspecified atom stereocenters. The SMILES string of the molecule is Cc1cccc(OCCCCC(=NO)C(=O)OCc2ccccc2)c1. The van der Waals surface area contributed by atoms with Crippen molar-refractivity contribution >= 4 is 11.7 Å². The van der Waals surface area contributed by atoms with Crippen LogP contribution in [0.2, 0.25) is 0 Å². The molecule has 0 fully saturated rings. The third-order valence-corrected chi connectivity index (χ3v) is 3.64. The molecule has 0 heterocycles. The number of aryl methyl sites for hydroxylation is 1. The molecule has 1 N–H and O–H groups in total. The van der Waals surface area contributed by atoms with Crippen LogP contribution < -0.4 is 4.74 Å². The lowest BCUT2D eigenvalue weighted by Crippen LogP contribution is -2.18. The Morgan fingerprint density at radius 3 is 2.60 bits per heavy atom. The molecule has 5 nitrogen and oxygen atoms in total. The maximum atomic E-state index is 11.9. The molecule has 0 aliphatic heterocycles. The highest BCUT2D eigenvalue weighted by atomic mass is 16.5. The van der Waals surface area contributed by atoms with Gasteiger partial charge in [0.1, 0.15) is 12.4 Å². The number of nitrogens with zero attached hydrogens (tertiary/aromatic N) is 1. The van der Waals surface area contributed by atoms with Crippen molar-refractivity contribution in [2.75, 3.05) is 6.61 Å². The zero-order valence-electron chi connectivity index (χ0n) is 14.4. The van der Waals surface area contributed by atoms with E-state index in [4.69, 9.17) is 14.7 Å². The molecule has 0 bridgehead atoms. The zero-order chi connectivity index (χ0) is 17.9. The number of carbonyl (C=O) groups excluding carboxylic acids is 1. The van der Waals surface area contributed by atoms with Crippen LogP contribution in [0.3, 0.4) is 0 Å². The van der Waals surface area contributed by atoms with Crippen LogP contribution in [0, 0.1) is 6.92 Å². The van der Waals surface area contributed by atoms with Crippen LogP contribution in [0.25, 0.3) is 0 Å². The molecule has 0 saturated heterocycles. The lowest BCUT2D eigenvalue weighted by atomic mass is 10.1. The number of carbonyl (C=O) groups is 1. The van der Waals surface area contributed by atoms with E-state index in [1.165, 1.54) is 0 Å². The summed E-state index contributed by atoms with van der Waals surface area (Å²) in [6.45, 7) is 2.72. The summed E-state index contributed by atoms with van der Waals surface area (Å²) in [6.07, 6.45) is 1.77. The topological polar surface area (TPSA) is 68.1 Å². The molecule has 0 aromatic heterocycles. The fraction of sp³-hybridized carbons (Fsp3) is 0.300. The van der Waals surface area contributed by atoms with E-state index in [2.05, 4.69) is 5.16 Å². The smallest absolute Gasteiger partial charge is 0.356 e. The Labute approximate surface area is 147 Å². The average molecular weight is 341 g/mol. The third-order valence-electron chi connectivity index (χ3n) is 3.64. The summed E-state index contributed by atoms with van der Waals surface area (Å²) in [4.78, 5) is 11.9. The van der Waals surface area contributed by atoms with Crippen molar-refractivity contribution in [3.8, 4) is 5.75 Å². The van der Waals surface area contributed by atoms with Gasteiger partial charge in [-0.25, -0.2) is 4.79 Å². The van der Waals surface area contributed by atoms with E-state index in [9.17, 15) is 4.79 Å². The van der Waals surface area contributed by atoms with Gasteiger partial charge in [0.15, 0.2) is 5.71 Å². The van der Waals surface area contributed by atoms with Crippen molar-refractivity contribution in [3.05, 3.63) is 65.7 Å². The Balaban J connectivity index is 1.66. The number of hydrogen-bond acceptors (Lipinski definition) is 5. The first-order valence-corrected chi connectivity index (χ1v) is 8.30. The summed E-state index contributed by atoms with van der Waals surface area (Å²) >= 11 is 0. The molecule has 25 heavy (non-hydrogen) atoms. The van der Waals surface area contributed by atoms with Crippen LogP contribution in [-0.2, 0) is 16.1 Å². The number of benzene rings is 2. The van der Waals surface area contributed by atoms with E-state index in [1.54, 1.807) is 0 Å². The van der Waals surface area contributed by atoms with Crippen LogP contribution in [0.1, 0.15) is 30.4 Å². The van der Waals surface area contributed by atoms with Gasteiger partial charge in [0, 0.05) is 6.42 Å². The first-order valence-electron chi connectivity index (χ1n) is 8.30. The monoisotopic (exact) mass is 341 g/mol. The van der Waals surface area contributed by atoms with Crippen molar-refractivity contribution in [2.24, 2.45) is 5.16 Å². The first kappa shape index (κ1) is 18.5. The molecular formula is C20H23NO4. The van der Waals surface area contributed by atoms with E-state index < -0.39 is 5.97 Å². The summed E-state index contributed by atoms with van der Waals surface area (Å²) in [5.41, 5.74) is 2.07. The predicted octanol–water partition coefficient (Wildman–Crippen LogP) is 4.12. The van der Waals surface area contributed by atoms with E-state index in [0.717, 1.165) is 23.3 Å². The van der Waals surface area contributed by atoms with Crippen molar-refractivity contribution in [3.63, 3.8) is 0 Å². The highest BCUT2D eigenvalue weighted by molar-refractivity contribution is 6.36. The number of esters is 1. The lowest BCUT2D eigenvalue weighted by molar-refractivity contribution is -0.137. The van der Waals surface area contributed by atoms with Crippen LogP contribution in [0.4, 0.5) is 0 Å². The molecule has 0 radical (unpaired) electrons. The number of hydrogen-bond donors (Lipinski definition) is 1. The van der Waals surface area contributed by atoms with Gasteiger partial charge in [-0.05, 0) is 43.0 Å². The van der Waals surface area contributed by atoms with Gasteiger partial charge in [-0.3, -0.25) is 0 Å². The maximum absolute atomic E-state index is 11.9. The standard InChI is InChI=1S/C20H23NO4/c1-16-8-7-11-18(14-16)24-13-6-5-12-19(21-23)20(22)25-15-17-9-3-2-4-10-17/h2-4,7-11,14,23H,5-6,12-13,15H2,1H3. The molecule has 0 amide bonds. The van der Waals surface area contributed by atoms with Crippen LogP contribution in [0.5, 0.6) is 5.75 Å². The van der Waals surface area contributed by atoms with Crippen molar-refractivity contribution in [2.45, 2.75) is 32.8 Å². The molecule has 5 heteroatoms. The minimum Gasteiger partial charge on any atom is -0.494 e. The van der Waals surface area contributed by atoms with E-state index in [1.807, 2.05) is 61.5 Å². The fourth-order valence-corrected chi connectivity index (χ4v) is 2.29. The third kappa shape index (κ3) is 6.67. The predicted molar refractivity (Wildman–Crippen MR) is 96.0 cm³/mol. The molecule has 2 aromatic rings. The van der Waals surface area contributed by atoms with Gasteiger partial charge in [0.2, 0.25) is 0 Å². The van der Waals surface area contributed by atoms with E-state index >= 15 is 0 Å². The largest absolute Gasteiger partial charge is 0.494 e. The summed E-state index contributed by atoms with van der Waals surface area (Å²) in [5.74, 6) is 0.240. The van der Waals surface area contributed by atoms with Gasteiger partial charge in [-0.1, -0.05) is 47.6 Å². The molecule has 0 spiro atoms. The molecule has 0 atom stereocenters. The average Bonchev–Trinajstić information content (AvgIpc) is 2.63. The van der Waals surface area contributed by atoms with Crippen molar-refractivity contribution < 1.29 is 19.5 Å². The molecule has 0 aliphatic carbocycles. The Bertz CT molecular complexity index is 698. The normalized spacial score (nSPS) is 11.2. The molecule has 2 aromatic carbocycles. The van der Waals surface area contributed by atoms with Crippen LogP contribution >= 0.6 is 0 Å². The highest BCUT2D eigenvalue weighted by Gasteiger charge is 2.13. The second-order valence-electron chi connectivity index (χ2n) is 5.73. The van der Waals surface area contributed by atoms with E-state index in [0.29, 0.717) is 19.4 Å². The minimum absolute atomic E-state index is 0.0338. The molecule has 0 saturated carbocycles. The van der Waals surface area contributed by atoms with Gasteiger partial charge in [0.25, 0.3) is 0 Å². The molecule has 2 rings (SSSR count). The Hall–Kier alpha value is -2.82. The lowest BCUT2D eigenvalue weighted by Gasteiger charge is -2.08. The summed E-state index contributed by atoms with van der Waals surface area (Å²) in [5, 5.41) is 12.1. The fourth-order valence-electron chi connectivity index (χ4n) is 2.29. The zero-order valence-corrected chi connectivity index (χ0v) is 14.4. The van der Waals surface area contributed by atoms with Gasteiger partial charge < -0.3 is 14.7 Å².